The number of hydrogen-bond donors (Lipinski definition) is 3. The molecule has 0 spiro atoms. The van der Waals surface area contributed by atoms with Gasteiger partial charge in [-0.3, -0.25) is 8.37 Å². The molecule has 7 atom stereocenters. The minimum absolute atomic E-state index is 0.487. The fourth-order valence-corrected chi connectivity index (χ4v) is 4.96. The van der Waals surface area contributed by atoms with Gasteiger partial charge in [-0.25, -0.2) is 16.8 Å². The van der Waals surface area contributed by atoms with Crippen molar-refractivity contribution in [3.05, 3.63) is 11.8 Å². The second-order valence-corrected chi connectivity index (χ2v) is 11.7. The van der Waals surface area contributed by atoms with Crippen molar-refractivity contribution in [1.29, 1.82) is 0 Å². The zero-order valence-corrected chi connectivity index (χ0v) is 21.4. The predicted molar refractivity (Wildman–Crippen MR) is 109 cm³/mol. The first kappa shape index (κ1) is 30.8. The summed E-state index contributed by atoms with van der Waals surface area (Å²) in [5, 5.41) is 32.4. The van der Waals surface area contributed by atoms with E-state index in [-0.39, 0.29) is 0 Å². The maximum atomic E-state index is 11.3. The van der Waals surface area contributed by atoms with Gasteiger partial charge >= 0.3 is 0 Å². The van der Waals surface area contributed by atoms with Crippen molar-refractivity contribution in [3.8, 4) is 0 Å². The van der Waals surface area contributed by atoms with Crippen LogP contribution in [-0.2, 0) is 48.2 Å². The molecular weight excluding hydrogens is 534 g/mol. The lowest BCUT2D eigenvalue weighted by Crippen LogP contribution is -2.82. The first-order valence-electron chi connectivity index (χ1n) is 10.4. The van der Waals surface area contributed by atoms with Crippen molar-refractivity contribution in [2.75, 3.05) is 19.8 Å². The molecule has 1 saturated heterocycles. The van der Waals surface area contributed by atoms with Crippen LogP contribution in [0.25, 0.3) is 0 Å². The molecule has 36 heavy (non-hydrogen) atoms. The fourth-order valence-electron chi connectivity index (χ4n) is 4.09. The maximum absolute atomic E-state index is 11.3. The first-order valence-corrected chi connectivity index (χ1v) is 13.1. The van der Waals surface area contributed by atoms with Crippen LogP contribution in [0.1, 0.15) is 27.7 Å². The van der Waals surface area contributed by atoms with E-state index in [9.17, 15) is 46.1 Å². The lowest BCUT2D eigenvalue weighted by Gasteiger charge is -2.52. The molecule has 18 heteroatoms. The summed E-state index contributed by atoms with van der Waals surface area (Å²) in [6.45, 7) is 3.67. The first-order chi connectivity index (χ1) is 16.1. The van der Waals surface area contributed by atoms with E-state index in [1.165, 1.54) is 6.92 Å². The number of rotatable bonds is 10. The molecule has 2 heterocycles. The molecule has 2 aliphatic rings. The molecule has 0 amide bonds. The average Bonchev–Trinajstić information content (AvgIpc) is 2.70. The van der Waals surface area contributed by atoms with E-state index in [4.69, 9.17) is 14.2 Å². The van der Waals surface area contributed by atoms with Crippen molar-refractivity contribution in [2.24, 2.45) is 5.41 Å². The summed E-state index contributed by atoms with van der Waals surface area (Å²) in [5.74, 6) is -2.74. The molecule has 0 radical (unpaired) electrons. The monoisotopic (exact) mass is 563 g/mol. The van der Waals surface area contributed by atoms with Crippen LogP contribution in [0.4, 0.5) is 0 Å². The van der Waals surface area contributed by atoms with Crippen molar-refractivity contribution in [1.82, 2.24) is 0 Å². The van der Waals surface area contributed by atoms with Crippen LogP contribution in [0.15, 0.2) is 11.8 Å². The molecule has 0 aromatic rings. The fraction of sp³-hybridized carbons (Fsp3) is 0.833. The molecule has 0 bridgehead atoms. The van der Waals surface area contributed by atoms with E-state index in [0.717, 1.165) is 6.92 Å². The summed E-state index contributed by atoms with van der Waals surface area (Å²) in [5.41, 5.74) is -0.782. The Morgan fingerprint density at radius 1 is 1.11 bits per heavy atom. The number of carbonyl (C=O) groups excluding carboxylic acids is 1. The Labute approximate surface area is 207 Å². The quantitative estimate of drug-likeness (QED) is 0.166. The normalized spacial score (nSPS) is 37.1. The Bertz CT molecular complexity index is 1070. The van der Waals surface area contributed by atoms with Crippen molar-refractivity contribution in [2.45, 2.75) is 69.4 Å². The molecule has 16 nitrogen and oxygen atoms in total. The Kier molecular flexibility index (Phi) is 8.86. The highest BCUT2D eigenvalue weighted by Gasteiger charge is 2.57. The number of carbonyl (C=O) groups is 1. The molecule has 0 aliphatic carbocycles. The molecule has 1 fully saturated rings. The van der Waals surface area contributed by atoms with Crippen LogP contribution in [0, 0.1) is 5.41 Å². The highest BCUT2D eigenvalue weighted by atomic mass is 32.3. The van der Waals surface area contributed by atoms with E-state index in [1.54, 1.807) is 13.8 Å². The summed E-state index contributed by atoms with van der Waals surface area (Å²) in [7, 11) is -10.5. The van der Waals surface area contributed by atoms with Gasteiger partial charge in [0.1, 0.15) is 41.7 Å². The third-order valence-electron chi connectivity index (χ3n) is 6.30. The Hall–Kier alpha value is -1.45. The van der Waals surface area contributed by atoms with Gasteiger partial charge in [0.25, 0.3) is 0 Å². The van der Waals surface area contributed by atoms with E-state index >= 15 is 0 Å². The average molecular weight is 564 g/mol. The van der Waals surface area contributed by atoms with Gasteiger partial charge in [-0.05, 0) is 26.8 Å². The van der Waals surface area contributed by atoms with Crippen LogP contribution >= 0.6 is 0 Å². The summed E-state index contributed by atoms with van der Waals surface area (Å²) >= 11 is 0. The number of aliphatic carboxylic acids is 1. The second-order valence-electron chi connectivity index (χ2n) is 9.60. The SMILES string of the molecule is CC1(C)OC(COS(=O)(=O)[O-])[C@@](C)(COC[C@@]2(C)OC(C(=O)[O-])=C[C@@H](O)C2OS(=O)(=O)[O-])[C@@H](O)C1[NH3+]. The zero-order valence-electron chi connectivity index (χ0n) is 19.8. The number of ether oxygens (including phenoxy) is 3. The Morgan fingerprint density at radius 3 is 2.19 bits per heavy atom. The topological polar surface area (TPSA) is 269 Å². The number of carboxylic acids is 1. The summed E-state index contributed by atoms with van der Waals surface area (Å²) in [6, 6.07) is -0.788. The van der Waals surface area contributed by atoms with Crippen LogP contribution in [0.3, 0.4) is 0 Å². The minimum Gasteiger partial charge on any atom is -0.726 e. The van der Waals surface area contributed by atoms with Gasteiger partial charge in [-0.15, -0.1) is 0 Å². The lowest BCUT2D eigenvalue weighted by atomic mass is 9.70. The van der Waals surface area contributed by atoms with E-state index in [2.05, 4.69) is 14.1 Å². The smallest absolute Gasteiger partial charge is 0.218 e. The lowest BCUT2D eigenvalue weighted by molar-refractivity contribution is -0.498. The van der Waals surface area contributed by atoms with Gasteiger partial charge in [-0.2, -0.15) is 0 Å². The van der Waals surface area contributed by atoms with Gasteiger partial charge in [0.05, 0.1) is 31.3 Å². The maximum Gasteiger partial charge on any atom is 0.218 e. The number of hydrogen-bond acceptors (Lipinski definition) is 15. The molecule has 0 aromatic heterocycles. The van der Waals surface area contributed by atoms with Crippen molar-refractivity contribution in [3.63, 3.8) is 0 Å². The van der Waals surface area contributed by atoms with Gasteiger partial charge in [0.15, 0.2) is 5.60 Å². The van der Waals surface area contributed by atoms with Gasteiger partial charge in [-0.1, -0.05) is 6.92 Å². The molecule has 0 saturated carbocycles. The molecule has 2 rings (SSSR count). The van der Waals surface area contributed by atoms with E-state index in [1.807, 2.05) is 0 Å². The van der Waals surface area contributed by atoms with Crippen LogP contribution < -0.4 is 10.8 Å². The van der Waals surface area contributed by atoms with E-state index in [0.29, 0.717) is 6.08 Å². The summed E-state index contributed by atoms with van der Waals surface area (Å²) in [4.78, 5) is 11.3. The standard InChI is InChI=1S/C18H31NO15S2/c1-16(2)12(19)13(21)17(3,11(33-16)6-31-35(24,25)26)7-30-8-18(4)14(34-36(27,28)29)9(20)5-10(32-18)15(22)23/h5,9,11-14,20-21H,6-8,19H2,1-4H3,(H,22,23)(H,24,25,26)(H,27,28,29)/p-2/t9-,11?,12?,13+,14?,17-,18-/m1/s1. The largest absolute Gasteiger partial charge is 0.726 e. The molecule has 2 aliphatic heterocycles. The molecule has 210 valence electrons. The summed E-state index contributed by atoms with van der Waals surface area (Å²) < 4.78 is 91.9. The highest BCUT2D eigenvalue weighted by molar-refractivity contribution is 7.81. The number of aliphatic hydroxyl groups excluding tert-OH is 2. The van der Waals surface area contributed by atoms with Gasteiger partial charge in [0, 0.05) is 0 Å². The molecular formula is C18H29NO15S2-2. The third kappa shape index (κ3) is 7.10. The van der Waals surface area contributed by atoms with Crippen LogP contribution in [0.5, 0.6) is 0 Å². The molecule has 5 N–H and O–H groups in total. The van der Waals surface area contributed by atoms with Crippen molar-refractivity contribution < 1.29 is 74.4 Å². The van der Waals surface area contributed by atoms with E-state index < -0.39 is 99.4 Å². The molecule has 3 unspecified atom stereocenters. The summed E-state index contributed by atoms with van der Waals surface area (Å²) in [6.07, 6.45) is -5.84. The van der Waals surface area contributed by atoms with Gasteiger partial charge in [0.2, 0.25) is 20.8 Å². The van der Waals surface area contributed by atoms with Crippen LogP contribution in [-0.4, -0.2) is 104 Å². The van der Waals surface area contributed by atoms with Crippen LogP contribution in [0.2, 0.25) is 0 Å². The zero-order chi connectivity index (χ0) is 27.9. The molecule has 0 aromatic carbocycles. The van der Waals surface area contributed by atoms with Gasteiger partial charge < -0.3 is 49.2 Å². The minimum atomic E-state index is -5.39. The number of carboxylic acid groups (broad SMARTS) is 1. The Morgan fingerprint density at radius 2 is 1.69 bits per heavy atom. The Balaban J connectivity index is 2.31. The number of quaternary nitrogens is 1. The highest BCUT2D eigenvalue weighted by Crippen LogP contribution is 2.41. The predicted octanol–water partition coefficient (Wildman–Crippen LogP) is -4.74. The third-order valence-corrected chi connectivity index (χ3v) is 7.16. The van der Waals surface area contributed by atoms with Crippen molar-refractivity contribution >= 4 is 26.8 Å². The number of aliphatic hydroxyl groups is 2. The second kappa shape index (κ2) is 10.4.